The van der Waals surface area contributed by atoms with Gasteiger partial charge in [-0.05, 0) is 30.5 Å². The molecule has 2 aromatic rings. The second kappa shape index (κ2) is 4.90. The third-order valence-corrected chi connectivity index (χ3v) is 3.74. The van der Waals surface area contributed by atoms with Crippen molar-refractivity contribution in [2.24, 2.45) is 0 Å². The zero-order valence-electron chi connectivity index (χ0n) is 9.89. The minimum absolute atomic E-state index is 0.232. The average molecular weight is 259 g/mol. The van der Waals surface area contributed by atoms with E-state index in [1.807, 2.05) is 23.6 Å². The van der Waals surface area contributed by atoms with Crippen molar-refractivity contribution < 1.29 is 9.53 Å². The lowest BCUT2D eigenvalue weighted by molar-refractivity contribution is 0.0972. The van der Waals surface area contributed by atoms with Crippen LogP contribution in [0.25, 0.3) is 0 Å². The Balaban J connectivity index is 1.77. The first-order valence-electron chi connectivity index (χ1n) is 5.99. The minimum Gasteiger partial charge on any atom is -0.487 e. The topological polar surface area (TPSA) is 39.2 Å². The molecule has 92 valence electrons. The fourth-order valence-corrected chi connectivity index (χ4v) is 2.71. The Kier molecular flexibility index (Phi) is 3.11. The summed E-state index contributed by atoms with van der Waals surface area (Å²) in [7, 11) is 0. The van der Waals surface area contributed by atoms with Crippen molar-refractivity contribution in [3.05, 3.63) is 45.9 Å². The predicted octanol–water partition coefficient (Wildman–Crippen LogP) is 3.24. The maximum absolute atomic E-state index is 11.8. The van der Waals surface area contributed by atoms with Gasteiger partial charge in [0.1, 0.15) is 12.4 Å². The summed E-state index contributed by atoms with van der Waals surface area (Å²) in [6, 6.07) is 5.80. The van der Waals surface area contributed by atoms with Gasteiger partial charge in [-0.25, -0.2) is 4.98 Å². The Hall–Kier alpha value is -1.68. The monoisotopic (exact) mass is 259 g/mol. The largest absolute Gasteiger partial charge is 0.487 e. The van der Waals surface area contributed by atoms with Gasteiger partial charge in [-0.3, -0.25) is 4.79 Å². The zero-order chi connectivity index (χ0) is 12.4. The van der Waals surface area contributed by atoms with Crippen LogP contribution in [0.2, 0.25) is 0 Å². The summed E-state index contributed by atoms with van der Waals surface area (Å²) in [4.78, 5) is 16.0. The SMILES string of the molecule is O=C1CCCc2ccc(OCc3cscn3)cc21. The van der Waals surface area contributed by atoms with Crippen LogP contribution in [0.5, 0.6) is 5.75 Å². The number of ether oxygens (including phenoxy) is 1. The maximum atomic E-state index is 11.8. The van der Waals surface area contributed by atoms with Crippen LogP contribution in [0.4, 0.5) is 0 Å². The van der Waals surface area contributed by atoms with Crippen LogP contribution in [-0.2, 0) is 13.0 Å². The number of aromatic nitrogens is 1. The summed E-state index contributed by atoms with van der Waals surface area (Å²) in [5.74, 6) is 0.979. The quantitative estimate of drug-likeness (QED) is 0.849. The fourth-order valence-electron chi connectivity index (χ4n) is 2.16. The lowest BCUT2D eigenvalue weighted by Gasteiger charge is -2.15. The molecular formula is C14H13NO2S. The van der Waals surface area contributed by atoms with E-state index in [-0.39, 0.29) is 5.78 Å². The molecule has 3 rings (SSSR count). The predicted molar refractivity (Wildman–Crippen MR) is 70.2 cm³/mol. The molecule has 1 heterocycles. The van der Waals surface area contributed by atoms with E-state index < -0.39 is 0 Å². The van der Waals surface area contributed by atoms with Crippen LogP contribution in [0.3, 0.4) is 0 Å². The van der Waals surface area contributed by atoms with Gasteiger partial charge in [-0.2, -0.15) is 0 Å². The van der Waals surface area contributed by atoms with Crippen molar-refractivity contribution in [1.29, 1.82) is 0 Å². The number of nitrogens with zero attached hydrogens (tertiary/aromatic N) is 1. The molecular weight excluding hydrogens is 246 g/mol. The number of thiazole rings is 1. The molecule has 0 atom stereocenters. The smallest absolute Gasteiger partial charge is 0.163 e. The summed E-state index contributed by atoms with van der Waals surface area (Å²) >= 11 is 1.55. The van der Waals surface area contributed by atoms with E-state index >= 15 is 0 Å². The van der Waals surface area contributed by atoms with Gasteiger partial charge in [-0.1, -0.05) is 6.07 Å². The molecule has 3 nitrogen and oxygen atoms in total. The third kappa shape index (κ3) is 2.29. The van der Waals surface area contributed by atoms with Crippen LogP contribution < -0.4 is 4.74 Å². The summed E-state index contributed by atoms with van der Waals surface area (Å²) < 4.78 is 5.66. The molecule has 0 aliphatic heterocycles. The second-order valence-corrected chi connectivity index (χ2v) is 5.08. The molecule has 0 fully saturated rings. The highest BCUT2D eigenvalue weighted by molar-refractivity contribution is 7.07. The molecule has 1 aromatic carbocycles. The first-order valence-corrected chi connectivity index (χ1v) is 6.93. The number of benzene rings is 1. The molecule has 0 bridgehead atoms. The summed E-state index contributed by atoms with van der Waals surface area (Å²) in [6.07, 6.45) is 2.61. The number of hydrogen-bond donors (Lipinski definition) is 0. The molecule has 1 aliphatic carbocycles. The van der Waals surface area contributed by atoms with Crippen molar-refractivity contribution in [3.63, 3.8) is 0 Å². The molecule has 1 aliphatic rings. The highest BCUT2D eigenvalue weighted by Gasteiger charge is 2.17. The fraction of sp³-hybridized carbons (Fsp3) is 0.286. The number of aryl methyl sites for hydroxylation is 1. The Morgan fingerprint density at radius 3 is 3.11 bits per heavy atom. The zero-order valence-corrected chi connectivity index (χ0v) is 10.7. The van der Waals surface area contributed by atoms with Gasteiger partial charge >= 0.3 is 0 Å². The highest BCUT2D eigenvalue weighted by Crippen LogP contribution is 2.25. The summed E-state index contributed by atoms with van der Waals surface area (Å²) in [5, 5.41) is 1.96. The average Bonchev–Trinajstić information content (AvgIpc) is 2.90. The van der Waals surface area contributed by atoms with Crippen LogP contribution in [0.1, 0.15) is 34.5 Å². The summed E-state index contributed by atoms with van der Waals surface area (Å²) in [5.41, 5.74) is 4.68. The maximum Gasteiger partial charge on any atom is 0.163 e. The number of Topliss-reactive ketones (excluding diaryl/α,β-unsaturated/α-hetero) is 1. The van der Waals surface area contributed by atoms with Gasteiger partial charge in [-0.15, -0.1) is 11.3 Å². The normalized spacial score (nSPS) is 14.3. The molecule has 0 radical (unpaired) electrons. The molecule has 18 heavy (non-hydrogen) atoms. The molecule has 0 spiro atoms. The van der Waals surface area contributed by atoms with Crippen LogP contribution in [0.15, 0.2) is 29.1 Å². The van der Waals surface area contributed by atoms with Crippen LogP contribution in [0, 0.1) is 0 Å². The molecule has 4 heteroatoms. The lowest BCUT2D eigenvalue weighted by Crippen LogP contribution is -2.10. The number of carbonyl (C=O) groups excluding carboxylic acids is 1. The number of carbonyl (C=O) groups is 1. The van der Waals surface area contributed by atoms with E-state index in [2.05, 4.69) is 4.98 Å². The van der Waals surface area contributed by atoms with E-state index in [0.717, 1.165) is 35.4 Å². The minimum atomic E-state index is 0.232. The van der Waals surface area contributed by atoms with E-state index in [4.69, 9.17) is 4.74 Å². The Morgan fingerprint density at radius 1 is 1.33 bits per heavy atom. The Labute approximate surface area is 109 Å². The molecule has 0 unspecified atom stereocenters. The Morgan fingerprint density at radius 2 is 2.28 bits per heavy atom. The van der Waals surface area contributed by atoms with Gasteiger partial charge in [0, 0.05) is 17.4 Å². The number of fused-ring (bicyclic) bond motifs is 1. The first-order chi connectivity index (χ1) is 8.83. The first kappa shape index (κ1) is 11.4. The summed E-state index contributed by atoms with van der Waals surface area (Å²) in [6.45, 7) is 0.455. The van der Waals surface area contributed by atoms with Gasteiger partial charge < -0.3 is 4.74 Å². The van der Waals surface area contributed by atoms with E-state index in [0.29, 0.717) is 13.0 Å². The lowest BCUT2D eigenvalue weighted by atomic mass is 9.90. The van der Waals surface area contributed by atoms with Gasteiger partial charge in [0.05, 0.1) is 11.2 Å². The van der Waals surface area contributed by atoms with Crippen molar-refractivity contribution >= 4 is 17.1 Å². The van der Waals surface area contributed by atoms with Crippen molar-refractivity contribution in [2.45, 2.75) is 25.9 Å². The van der Waals surface area contributed by atoms with E-state index in [1.165, 1.54) is 0 Å². The number of ketones is 1. The van der Waals surface area contributed by atoms with Crippen LogP contribution >= 0.6 is 11.3 Å². The van der Waals surface area contributed by atoms with Gasteiger partial charge in [0.2, 0.25) is 0 Å². The number of hydrogen-bond acceptors (Lipinski definition) is 4. The standard InChI is InChI=1S/C14H13NO2S/c16-14-3-1-2-10-4-5-12(6-13(10)14)17-7-11-8-18-9-15-11/h4-6,8-9H,1-3,7H2. The van der Waals surface area contributed by atoms with E-state index in [1.54, 1.807) is 16.8 Å². The molecule has 0 saturated heterocycles. The van der Waals surface area contributed by atoms with Crippen LogP contribution in [-0.4, -0.2) is 10.8 Å². The van der Waals surface area contributed by atoms with Crippen molar-refractivity contribution in [2.75, 3.05) is 0 Å². The van der Waals surface area contributed by atoms with Gasteiger partial charge in [0.15, 0.2) is 5.78 Å². The molecule has 1 aromatic heterocycles. The third-order valence-electron chi connectivity index (χ3n) is 3.10. The van der Waals surface area contributed by atoms with Gasteiger partial charge in [0.25, 0.3) is 0 Å². The molecule has 0 N–H and O–H groups in total. The molecule has 0 amide bonds. The van der Waals surface area contributed by atoms with Crippen molar-refractivity contribution in [3.8, 4) is 5.75 Å². The van der Waals surface area contributed by atoms with Crippen molar-refractivity contribution in [1.82, 2.24) is 4.98 Å². The Bertz CT molecular complexity index is 563. The second-order valence-electron chi connectivity index (χ2n) is 4.36. The molecule has 0 saturated carbocycles. The highest BCUT2D eigenvalue weighted by atomic mass is 32.1. The number of rotatable bonds is 3. The van der Waals surface area contributed by atoms with E-state index in [9.17, 15) is 4.79 Å².